The van der Waals surface area contributed by atoms with Crippen LogP contribution in [0, 0.1) is 23.7 Å². The van der Waals surface area contributed by atoms with Gasteiger partial charge in [0.2, 0.25) is 0 Å². The molecule has 0 aliphatic heterocycles. The molecule has 0 N–H and O–H groups in total. The smallest absolute Gasteiger partial charge is 0.337 e. The highest BCUT2D eigenvalue weighted by atomic mass is 19.1. The first-order chi connectivity index (χ1) is 11.2. The number of hydrogen-bond acceptors (Lipinski definition) is 2. The van der Waals surface area contributed by atoms with Crippen molar-refractivity contribution in [2.24, 2.45) is 23.7 Å². The fraction of sp³-hybridized carbons (Fsp3) is 0.950. The van der Waals surface area contributed by atoms with Gasteiger partial charge >= 0.3 is 5.97 Å². The summed E-state index contributed by atoms with van der Waals surface area (Å²) in [7, 11) is 0. The Labute approximate surface area is 141 Å². The van der Waals surface area contributed by atoms with Gasteiger partial charge in [0, 0.05) is 0 Å². The molecule has 0 atom stereocenters. The monoisotopic (exact) mass is 326 g/mol. The Hall–Kier alpha value is -0.600. The number of rotatable bonds is 8. The van der Waals surface area contributed by atoms with E-state index in [0.29, 0.717) is 12.5 Å². The topological polar surface area (TPSA) is 26.3 Å². The molecule has 0 aromatic rings. The van der Waals surface area contributed by atoms with E-state index in [1.54, 1.807) is 0 Å². The minimum absolute atomic E-state index is 0.427. The van der Waals surface area contributed by atoms with E-state index < -0.39 is 12.6 Å². The third kappa shape index (κ3) is 6.81. The lowest BCUT2D eigenvalue weighted by molar-refractivity contribution is -0.146. The molecule has 0 radical (unpaired) electrons. The Bertz CT molecular complexity index is 329. The normalized spacial score (nSPS) is 31.7. The van der Waals surface area contributed by atoms with Gasteiger partial charge in [-0.25, -0.2) is 9.18 Å². The van der Waals surface area contributed by atoms with Crippen molar-refractivity contribution in [2.45, 2.75) is 84.0 Å². The fourth-order valence-electron chi connectivity index (χ4n) is 4.62. The van der Waals surface area contributed by atoms with Gasteiger partial charge in [0.1, 0.15) is 0 Å². The SMILES string of the molecule is CCCC1CCC(CCC2CCC(COC(=O)CF)CC2)CC1. The molecule has 2 nitrogen and oxygen atoms in total. The van der Waals surface area contributed by atoms with E-state index in [4.69, 9.17) is 4.74 Å². The summed E-state index contributed by atoms with van der Waals surface area (Å²) in [6, 6.07) is 0. The summed E-state index contributed by atoms with van der Waals surface area (Å²) in [5.41, 5.74) is 0. The Morgan fingerprint density at radius 3 is 1.70 bits per heavy atom. The third-order valence-corrected chi connectivity index (χ3v) is 6.20. The largest absolute Gasteiger partial charge is 0.463 e. The summed E-state index contributed by atoms with van der Waals surface area (Å²) in [6.07, 6.45) is 16.3. The van der Waals surface area contributed by atoms with Gasteiger partial charge in [-0.15, -0.1) is 0 Å². The highest BCUT2D eigenvalue weighted by Crippen LogP contribution is 2.37. The van der Waals surface area contributed by atoms with E-state index in [9.17, 15) is 9.18 Å². The zero-order chi connectivity index (χ0) is 16.5. The first-order valence-corrected chi connectivity index (χ1v) is 9.92. The van der Waals surface area contributed by atoms with E-state index in [2.05, 4.69) is 6.92 Å². The maximum atomic E-state index is 12.1. The van der Waals surface area contributed by atoms with Crippen LogP contribution in [-0.4, -0.2) is 19.3 Å². The minimum atomic E-state index is -0.990. The maximum Gasteiger partial charge on any atom is 0.337 e. The second kappa shape index (κ2) is 10.3. The molecule has 2 saturated carbocycles. The average Bonchev–Trinajstić information content (AvgIpc) is 2.60. The molecule has 0 saturated heterocycles. The number of carbonyl (C=O) groups excluding carboxylic acids is 1. The van der Waals surface area contributed by atoms with Gasteiger partial charge in [0.05, 0.1) is 6.61 Å². The van der Waals surface area contributed by atoms with Crippen molar-refractivity contribution in [2.75, 3.05) is 13.3 Å². The van der Waals surface area contributed by atoms with Crippen molar-refractivity contribution in [3.05, 3.63) is 0 Å². The van der Waals surface area contributed by atoms with E-state index in [0.717, 1.165) is 30.6 Å². The van der Waals surface area contributed by atoms with Gasteiger partial charge in [-0.2, -0.15) is 0 Å². The molecule has 0 unspecified atom stereocenters. The van der Waals surface area contributed by atoms with Crippen LogP contribution in [0.15, 0.2) is 0 Å². The minimum Gasteiger partial charge on any atom is -0.463 e. The van der Waals surface area contributed by atoms with Gasteiger partial charge in [-0.05, 0) is 36.5 Å². The van der Waals surface area contributed by atoms with Gasteiger partial charge in [0.15, 0.2) is 6.67 Å². The molecule has 0 bridgehead atoms. The van der Waals surface area contributed by atoms with Crippen LogP contribution in [-0.2, 0) is 9.53 Å². The lowest BCUT2D eigenvalue weighted by atomic mass is 9.75. The molecular weight excluding hydrogens is 291 g/mol. The summed E-state index contributed by atoms with van der Waals surface area (Å²) in [5.74, 6) is 2.62. The van der Waals surface area contributed by atoms with Crippen LogP contribution < -0.4 is 0 Å². The number of ether oxygens (including phenoxy) is 1. The fourth-order valence-corrected chi connectivity index (χ4v) is 4.62. The highest BCUT2D eigenvalue weighted by molar-refractivity contribution is 5.70. The molecule has 2 aliphatic rings. The molecule has 23 heavy (non-hydrogen) atoms. The van der Waals surface area contributed by atoms with E-state index in [1.165, 1.54) is 64.2 Å². The lowest BCUT2D eigenvalue weighted by Crippen LogP contribution is -2.22. The van der Waals surface area contributed by atoms with E-state index in [-0.39, 0.29) is 0 Å². The van der Waals surface area contributed by atoms with Crippen molar-refractivity contribution >= 4 is 5.97 Å². The number of esters is 1. The number of hydrogen-bond donors (Lipinski definition) is 0. The molecule has 0 amide bonds. The molecule has 0 aromatic carbocycles. The van der Waals surface area contributed by atoms with Crippen LogP contribution in [0.25, 0.3) is 0 Å². The van der Waals surface area contributed by atoms with Crippen LogP contribution >= 0.6 is 0 Å². The Balaban J connectivity index is 1.54. The Morgan fingerprint density at radius 1 is 0.826 bits per heavy atom. The lowest BCUT2D eigenvalue weighted by Gasteiger charge is -2.31. The summed E-state index contributed by atoms with van der Waals surface area (Å²) < 4.78 is 17.0. The van der Waals surface area contributed by atoms with Gasteiger partial charge in [-0.3, -0.25) is 0 Å². The molecule has 134 valence electrons. The quantitative estimate of drug-likeness (QED) is 0.535. The van der Waals surface area contributed by atoms with Crippen molar-refractivity contribution in [1.29, 1.82) is 0 Å². The van der Waals surface area contributed by atoms with Crippen molar-refractivity contribution < 1.29 is 13.9 Å². The molecule has 2 aliphatic carbocycles. The maximum absolute atomic E-state index is 12.1. The Kier molecular flexibility index (Phi) is 8.39. The molecule has 0 aromatic heterocycles. The van der Waals surface area contributed by atoms with Crippen LogP contribution in [0.4, 0.5) is 4.39 Å². The molecule has 3 heteroatoms. The van der Waals surface area contributed by atoms with E-state index in [1.807, 2.05) is 0 Å². The van der Waals surface area contributed by atoms with Crippen molar-refractivity contribution in [3.63, 3.8) is 0 Å². The molecule has 2 rings (SSSR count). The summed E-state index contributed by atoms with van der Waals surface area (Å²) in [4.78, 5) is 10.9. The molecule has 0 heterocycles. The number of carbonyl (C=O) groups is 1. The molecule has 2 fully saturated rings. The summed E-state index contributed by atoms with van der Waals surface area (Å²) in [6.45, 7) is 1.74. The number of alkyl halides is 1. The average molecular weight is 326 g/mol. The predicted octanol–water partition coefficient (Wildman–Crippen LogP) is 5.69. The zero-order valence-electron chi connectivity index (χ0n) is 14.9. The van der Waals surface area contributed by atoms with Gasteiger partial charge in [0.25, 0.3) is 0 Å². The summed E-state index contributed by atoms with van der Waals surface area (Å²) >= 11 is 0. The van der Waals surface area contributed by atoms with Gasteiger partial charge < -0.3 is 4.74 Å². The third-order valence-electron chi connectivity index (χ3n) is 6.20. The highest BCUT2D eigenvalue weighted by Gasteiger charge is 2.25. The van der Waals surface area contributed by atoms with Crippen molar-refractivity contribution in [3.8, 4) is 0 Å². The summed E-state index contributed by atoms with van der Waals surface area (Å²) in [5, 5.41) is 0. The standard InChI is InChI=1S/C20H35FO2/c1-2-3-16-4-6-17(7-5-16)8-9-18-10-12-19(13-11-18)15-23-20(22)14-21/h16-19H,2-15H2,1H3. The van der Waals surface area contributed by atoms with E-state index >= 15 is 0 Å². The van der Waals surface area contributed by atoms with Crippen LogP contribution in [0.1, 0.15) is 84.0 Å². The first-order valence-electron chi connectivity index (χ1n) is 9.92. The van der Waals surface area contributed by atoms with Gasteiger partial charge in [-0.1, -0.05) is 71.1 Å². The Morgan fingerprint density at radius 2 is 1.26 bits per heavy atom. The zero-order valence-corrected chi connectivity index (χ0v) is 14.9. The van der Waals surface area contributed by atoms with Crippen LogP contribution in [0.5, 0.6) is 0 Å². The second-order valence-corrected chi connectivity index (χ2v) is 7.96. The number of halogens is 1. The molecular formula is C20H35FO2. The van der Waals surface area contributed by atoms with Crippen molar-refractivity contribution in [1.82, 2.24) is 0 Å². The second-order valence-electron chi connectivity index (χ2n) is 7.96. The van der Waals surface area contributed by atoms with Crippen LogP contribution in [0.2, 0.25) is 0 Å². The first kappa shape index (κ1) is 18.7. The van der Waals surface area contributed by atoms with Crippen LogP contribution in [0.3, 0.4) is 0 Å². The molecule has 0 spiro atoms. The predicted molar refractivity (Wildman–Crippen MR) is 92.0 cm³/mol.